The van der Waals surface area contributed by atoms with Crippen molar-refractivity contribution in [2.24, 2.45) is 0 Å². The summed E-state index contributed by atoms with van der Waals surface area (Å²) in [6.45, 7) is 6.81. The molecule has 1 atom stereocenters. The van der Waals surface area contributed by atoms with E-state index in [1.165, 1.54) is 6.92 Å². The first kappa shape index (κ1) is 43.8. The maximum Gasteiger partial charge on any atom is 0.264 e. The molecule has 1 unspecified atom stereocenters. The summed E-state index contributed by atoms with van der Waals surface area (Å²) < 4.78 is 9.07. The maximum absolute atomic E-state index is 13.6. The third kappa shape index (κ3) is 8.72. The number of ketones is 1. The normalized spacial score (nSPS) is 17.7. The lowest BCUT2D eigenvalue weighted by molar-refractivity contribution is -0.136. The number of nitrogens with zero attached hydrogens (tertiary/aromatic N) is 10. The highest BCUT2D eigenvalue weighted by atomic mass is 16.5. The first-order valence-electron chi connectivity index (χ1n) is 22.2. The molecule has 21 heteroatoms. The summed E-state index contributed by atoms with van der Waals surface area (Å²) in [5.41, 5.74) is 3.26. The number of Topliss-reactive ketones (excluding diaryl/α,β-unsaturated/α-hetero) is 1. The van der Waals surface area contributed by atoms with E-state index >= 15 is 0 Å². The number of amides is 5. The molecule has 4 aromatic heterocycles. The topological polar surface area (TPSA) is 249 Å². The van der Waals surface area contributed by atoms with Gasteiger partial charge in [0, 0.05) is 68.7 Å². The van der Waals surface area contributed by atoms with Crippen LogP contribution in [0.15, 0.2) is 53.7 Å². The first-order chi connectivity index (χ1) is 31.9. The molecule has 9 rings (SSSR count). The Morgan fingerprint density at radius 2 is 1.73 bits per heavy atom. The van der Waals surface area contributed by atoms with Gasteiger partial charge in [0.05, 0.1) is 60.4 Å². The molecule has 3 aliphatic heterocycles. The van der Waals surface area contributed by atoms with Crippen molar-refractivity contribution in [3.05, 3.63) is 87.2 Å². The fourth-order valence-electron chi connectivity index (χ4n) is 9.26. The van der Waals surface area contributed by atoms with Gasteiger partial charge in [0.1, 0.15) is 17.5 Å². The van der Waals surface area contributed by atoms with Crippen molar-refractivity contribution in [3.8, 4) is 0 Å². The number of benzene rings is 1. The Kier molecular flexibility index (Phi) is 12.3. The molecule has 21 nitrogen and oxygen atoms in total. The summed E-state index contributed by atoms with van der Waals surface area (Å²) in [5.74, 6) is -1.74. The molecule has 7 heterocycles. The molecular formula is C45H49N13O8. The van der Waals surface area contributed by atoms with E-state index in [4.69, 9.17) is 9.72 Å². The number of piperidine rings is 1. The van der Waals surface area contributed by atoms with Crippen LogP contribution in [0.1, 0.15) is 93.8 Å². The quantitative estimate of drug-likeness (QED) is 0.0776. The van der Waals surface area contributed by atoms with E-state index in [1.54, 1.807) is 53.0 Å². The number of aromatic nitrogens is 7. The van der Waals surface area contributed by atoms with Crippen LogP contribution >= 0.6 is 0 Å². The third-order valence-electron chi connectivity index (χ3n) is 12.6. The molecule has 66 heavy (non-hydrogen) atoms. The fourth-order valence-corrected chi connectivity index (χ4v) is 9.26. The van der Waals surface area contributed by atoms with Crippen LogP contribution in [-0.4, -0.2) is 132 Å². The molecule has 2 saturated heterocycles. The van der Waals surface area contributed by atoms with Gasteiger partial charge in [-0.15, -0.1) is 5.10 Å². The van der Waals surface area contributed by atoms with Crippen LogP contribution in [0.25, 0.3) is 11.0 Å². The number of ether oxygens (including phenoxy) is 1. The summed E-state index contributed by atoms with van der Waals surface area (Å²) in [6, 6.07) is 7.60. The summed E-state index contributed by atoms with van der Waals surface area (Å²) in [6.07, 6.45) is 9.12. The van der Waals surface area contributed by atoms with E-state index < -0.39 is 29.7 Å². The van der Waals surface area contributed by atoms with Gasteiger partial charge in [-0.25, -0.2) is 14.6 Å². The second-order valence-corrected chi connectivity index (χ2v) is 16.9. The molecule has 0 spiro atoms. The number of imide groups is 2. The zero-order valence-corrected chi connectivity index (χ0v) is 36.6. The highest BCUT2D eigenvalue weighted by Gasteiger charge is 2.45. The summed E-state index contributed by atoms with van der Waals surface area (Å²) >= 11 is 0. The molecular weight excluding hydrogens is 851 g/mol. The van der Waals surface area contributed by atoms with Gasteiger partial charge in [0.25, 0.3) is 17.4 Å². The minimum absolute atomic E-state index is 0.0218. The van der Waals surface area contributed by atoms with Crippen LogP contribution in [0.4, 0.5) is 23.1 Å². The Balaban J connectivity index is 0.713. The largest absolute Gasteiger partial charge is 0.382 e. The minimum Gasteiger partial charge on any atom is -0.382 e. The molecule has 4 aliphatic rings. The Morgan fingerprint density at radius 1 is 0.924 bits per heavy atom. The lowest BCUT2D eigenvalue weighted by Gasteiger charge is -2.36. The molecule has 1 aliphatic carbocycles. The maximum atomic E-state index is 13.6. The second kappa shape index (κ2) is 18.6. The summed E-state index contributed by atoms with van der Waals surface area (Å²) in [7, 11) is 0. The van der Waals surface area contributed by atoms with Crippen molar-refractivity contribution in [3.63, 3.8) is 0 Å². The minimum atomic E-state index is -1.04. The lowest BCUT2D eigenvalue weighted by Crippen LogP contribution is -2.54. The standard InChI is InChI=1S/C45H49N13O8/c1-26-32-24-48-45(51-40(32)57(29-6-3-4-7-29)43(64)38(26)27(2)59)49-35-12-10-30(23-47-35)54-15-17-55(18-16-54)37(61)22-28-25-56(53-52-28)19-21-66-20-14-46-33-9-5-8-31-39(33)44(65)58(42(31)63)34-11-13-36(60)50-41(34)62/h5,8-10,12,23-25,29,34,46H,3-4,6-7,11,13-22H2,1-2H3,(H,50,60,62)(H,47,48,49,51). The first-order valence-corrected chi connectivity index (χ1v) is 22.2. The number of nitrogens with one attached hydrogen (secondary N) is 3. The number of hydrogen-bond donors (Lipinski definition) is 3. The van der Waals surface area contributed by atoms with Crippen molar-refractivity contribution in [2.75, 3.05) is 61.5 Å². The van der Waals surface area contributed by atoms with Crippen LogP contribution in [0.3, 0.4) is 0 Å². The number of hydrogen-bond acceptors (Lipinski definition) is 16. The number of carbonyl (C=O) groups is 6. The predicted octanol–water partition coefficient (Wildman–Crippen LogP) is 2.57. The van der Waals surface area contributed by atoms with Crippen LogP contribution < -0.4 is 26.4 Å². The molecule has 0 bridgehead atoms. The number of anilines is 4. The van der Waals surface area contributed by atoms with Crippen molar-refractivity contribution in [1.82, 2.24) is 49.6 Å². The number of fused-ring (bicyclic) bond motifs is 2. The van der Waals surface area contributed by atoms with Gasteiger partial charge >= 0.3 is 0 Å². The van der Waals surface area contributed by atoms with Crippen molar-refractivity contribution in [1.29, 1.82) is 0 Å². The molecule has 1 saturated carbocycles. The fraction of sp³-hybridized carbons (Fsp3) is 0.422. The SMILES string of the molecule is CC(=O)c1c(C)c2cnc(Nc3ccc(N4CCN(C(=O)Cc5cn(CCOCCNc6cccc7c6C(=O)N(C6CCC(=O)NC6=O)C7=O)nn5)CC4)cn3)nc2n(C2CCCC2)c1=O. The summed E-state index contributed by atoms with van der Waals surface area (Å²) in [5, 5.41) is 17.5. The van der Waals surface area contributed by atoms with Crippen LogP contribution in [0.2, 0.25) is 0 Å². The molecule has 342 valence electrons. The number of pyridine rings is 2. The number of piperazine rings is 1. The molecule has 1 aromatic carbocycles. The zero-order chi connectivity index (χ0) is 46.1. The van der Waals surface area contributed by atoms with E-state index in [-0.39, 0.29) is 65.9 Å². The Bertz CT molecular complexity index is 2810. The van der Waals surface area contributed by atoms with Gasteiger partial charge in [0.2, 0.25) is 23.7 Å². The van der Waals surface area contributed by atoms with Gasteiger partial charge in [-0.3, -0.25) is 48.3 Å². The molecule has 0 radical (unpaired) electrons. The highest BCUT2D eigenvalue weighted by Crippen LogP contribution is 2.34. The number of rotatable bonds is 15. The smallest absolute Gasteiger partial charge is 0.264 e. The lowest BCUT2D eigenvalue weighted by atomic mass is 10.0. The van der Waals surface area contributed by atoms with Crippen LogP contribution in [-0.2, 0) is 32.1 Å². The van der Waals surface area contributed by atoms with Crippen LogP contribution in [0, 0.1) is 6.92 Å². The van der Waals surface area contributed by atoms with Gasteiger partial charge < -0.3 is 25.2 Å². The molecule has 3 N–H and O–H groups in total. The highest BCUT2D eigenvalue weighted by molar-refractivity contribution is 6.25. The number of aryl methyl sites for hydroxylation is 1. The molecule has 3 fully saturated rings. The Morgan fingerprint density at radius 3 is 2.47 bits per heavy atom. The van der Waals surface area contributed by atoms with Gasteiger partial charge in [-0.1, -0.05) is 24.1 Å². The van der Waals surface area contributed by atoms with Gasteiger partial charge in [-0.2, -0.15) is 4.98 Å². The Hall–Kier alpha value is -7.42. The van der Waals surface area contributed by atoms with Gasteiger partial charge in [-0.05, 0) is 62.9 Å². The second-order valence-electron chi connectivity index (χ2n) is 16.9. The van der Waals surface area contributed by atoms with E-state index in [0.29, 0.717) is 85.6 Å². The molecule has 5 aromatic rings. The van der Waals surface area contributed by atoms with Crippen LogP contribution in [0.5, 0.6) is 0 Å². The van der Waals surface area contributed by atoms with E-state index in [9.17, 15) is 33.6 Å². The van der Waals surface area contributed by atoms with Crippen molar-refractivity contribution < 1.29 is 33.5 Å². The van der Waals surface area contributed by atoms with Gasteiger partial charge in [0.15, 0.2) is 5.78 Å². The number of carbonyl (C=O) groups excluding carboxylic acids is 6. The average Bonchev–Trinajstić information content (AvgIpc) is 4.06. The van der Waals surface area contributed by atoms with E-state index in [0.717, 1.165) is 36.3 Å². The van der Waals surface area contributed by atoms with E-state index in [2.05, 4.69) is 41.1 Å². The molecule has 5 amide bonds. The monoisotopic (exact) mass is 899 g/mol. The van der Waals surface area contributed by atoms with Crippen molar-refractivity contribution >= 4 is 69.5 Å². The summed E-state index contributed by atoms with van der Waals surface area (Å²) in [4.78, 5) is 109. The predicted molar refractivity (Wildman–Crippen MR) is 239 cm³/mol. The average molecular weight is 900 g/mol. The third-order valence-corrected chi connectivity index (χ3v) is 12.6. The zero-order valence-electron chi connectivity index (χ0n) is 36.6. The Labute approximate surface area is 377 Å². The van der Waals surface area contributed by atoms with Crippen molar-refractivity contribution in [2.45, 2.75) is 77.4 Å². The van der Waals surface area contributed by atoms with E-state index in [1.807, 2.05) is 17.0 Å².